The summed E-state index contributed by atoms with van der Waals surface area (Å²) >= 11 is 2.93. The molecule has 0 saturated heterocycles. The molecule has 6 aromatic rings. The molecule has 9 heteroatoms. The van der Waals surface area contributed by atoms with Gasteiger partial charge < -0.3 is 9.30 Å². The lowest BCUT2D eigenvalue weighted by molar-refractivity contribution is -0.138. The Morgan fingerprint density at radius 2 is 1.73 bits per heavy atom. The number of nitriles is 1. The third kappa shape index (κ3) is 5.70. The second kappa shape index (κ2) is 13.4. The largest absolute Gasteiger partial charge is 0.463 e. The molecule has 0 bridgehead atoms. The third-order valence-electron chi connectivity index (χ3n) is 8.39. The van der Waals surface area contributed by atoms with Crippen molar-refractivity contribution in [3.05, 3.63) is 162 Å². The van der Waals surface area contributed by atoms with Crippen molar-refractivity contribution in [3.63, 3.8) is 0 Å². The predicted molar refractivity (Wildman–Crippen MR) is 191 cm³/mol. The van der Waals surface area contributed by atoms with Crippen molar-refractivity contribution >= 4 is 51.7 Å². The van der Waals surface area contributed by atoms with Gasteiger partial charge in [0, 0.05) is 39.7 Å². The Balaban J connectivity index is 1.45. The van der Waals surface area contributed by atoms with Gasteiger partial charge in [0.25, 0.3) is 5.56 Å². The summed E-state index contributed by atoms with van der Waals surface area (Å²) in [4.78, 5) is 34.8. The van der Waals surface area contributed by atoms with Gasteiger partial charge in [0.05, 0.1) is 40.1 Å². The summed E-state index contributed by atoms with van der Waals surface area (Å²) in [6.45, 7) is 2.47. The number of aromatic nitrogens is 2. The topological polar surface area (TPSA) is 89.4 Å². The van der Waals surface area contributed by atoms with Gasteiger partial charge in [0.2, 0.25) is 0 Å². The Kier molecular flexibility index (Phi) is 8.68. The third-order valence-corrected chi connectivity index (χ3v) is 10.1. The van der Waals surface area contributed by atoms with Crippen molar-refractivity contribution in [3.8, 4) is 6.07 Å². The van der Waals surface area contributed by atoms with Crippen LogP contribution < -0.4 is 14.9 Å². The van der Waals surface area contributed by atoms with Crippen LogP contribution in [0.2, 0.25) is 0 Å². The van der Waals surface area contributed by atoms with Gasteiger partial charge in [0.1, 0.15) is 0 Å². The van der Waals surface area contributed by atoms with Crippen molar-refractivity contribution in [1.29, 1.82) is 5.26 Å². The van der Waals surface area contributed by atoms with Crippen LogP contribution in [0.15, 0.2) is 130 Å². The Morgan fingerprint density at radius 3 is 2.48 bits per heavy atom. The molecule has 0 spiro atoms. The van der Waals surface area contributed by atoms with Crippen molar-refractivity contribution < 1.29 is 9.53 Å². The molecular weight excluding hydrogens is 637 g/mol. The summed E-state index contributed by atoms with van der Waals surface area (Å²) < 4.78 is 9.84. The highest BCUT2D eigenvalue weighted by molar-refractivity contribution is 7.98. The second-order valence-corrected chi connectivity index (χ2v) is 13.1. The molecular formula is C39H30N4O3S2. The first kappa shape index (κ1) is 31.2. The zero-order valence-corrected chi connectivity index (χ0v) is 27.9. The fraction of sp³-hybridized carbons (Fsp3) is 0.128. The quantitative estimate of drug-likeness (QED) is 0.136. The Hall–Kier alpha value is -5.43. The van der Waals surface area contributed by atoms with Gasteiger partial charge in [-0.25, -0.2) is 9.79 Å². The molecule has 0 N–H and O–H groups in total. The lowest BCUT2D eigenvalue weighted by Crippen LogP contribution is -2.40. The number of benzene rings is 4. The molecule has 1 atom stereocenters. The molecule has 0 saturated carbocycles. The van der Waals surface area contributed by atoms with Crippen LogP contribution in [-0.2, 0) is 16.1 Å². The lowest BCUT2D eigenvalue weighted by Gasteiger charge is -2.26. The van der Waals surface area contributed by atoms with E-state index in [-0.39, 0.29) is 12.2 Å². The van der Waals surface area contributed by atoms with Crippen LogP contribution in [0.4, 0.5) is 0 Å². The van der Waals surface area contributed by atoms with Gasteiger partial charge in [-0.1, -0.05) is 90.2 Å². The van der Waals surface area contributed by atoms with Crippen molar-refractivity contribution in [2.24, 2.45) is 4.99 Å². The Labute approximate surface area is 285 Å². The molecule has 2 aromatic heterocycles. The van der Waals surface area contributed by atoms with Gasteiger partial charge in [-0.3, -0.25) is 9.36 Å². The highest BCUT2D eigenvalue weighted by Gasteiger charge is 2.35. The summed E-state index contributed by atoms with van der Waals surface area (Å²) in [5, 5.41) is 10.7. The second-order valence-electron chi connectivity index (χ2n) is 11.2. The first-order chi connectivity index (χ1) is 23.5. The number of hydrogen-bond acceptors (Lipinski definition) is 7. The molecule has 0 aliphatic carbocycles. The number of carbonyl (C=O) groups is 1. The molecule has 236 valence electrons. The molecule has 1 aliphatic heterocycles. The highest BCUT2D eigenvalue weighted by atomic mass is 32.2. The molecule has 3 heterocycles. The summed E-state index contributed by atoms with van der Waals surface area (Å²) in [5.41, 5.74) is 5.55. The maximum absolute atomic E-state index is 14.5. The van der Waals surface area contributed by atoms with E-state index in [0.717, 1.165) is 38.1 Å². The number of ether oxygens (including phenoxy) is 1. The van der Waals surface area contributed by atoms with E-state index >= 15 is 0 Å². The maximum Gasteiger partial charge on any atom is 0.338 e. The summed E-state index contributed by atoms with van der Waals surface area (Å²) in [6, 6.07) is 34.7. The van der Waals surface area contributed by atoms with Crippen LogP contribution >= 0.6 is 23.1 Å². The van der Waals surface area contributed by atoms with E-state index in [0.29, 0.717) is 32.7 Å². The smallest absolute Gasteiger partial charge is 0.338 e. The van der Waals surface area contributed by atoms with Crippen molar-refractivity contribution in [1.82, 2.24) is 9.13 Å². The zero-order chi connectivity index (χ0) is 33.2. The van der Waals surface area contributed by atoms with E-state index in [1.165, 1.54) is 11.3 Å². The number of thiazole rings is 1. The molecule has 7 nitrogen and oxygen atoms in total. The number of esters is 1. The summed E-state index contributed by atoms with van der Waals surface area (Å²) in [7, 11) is 0. The van der Waals surface area contributed by atoms with E-state index in [2.05, 4.69) is 10.6 Å². The maximum atomic E-state index is 14.5. The molecule has 48 heavy (non-hydrogen) atoms. The van der Waals surface area contributed by atoms with E-state index in [4.69, 9.17) is 9.73 Å². The number of para-hydroxylation sites is 1. The number of hydrogen-bond donors (Lipinski definition) is 0. The zero-order valence-electron chi connectivity index (χ0n) is 26.3. The Bertz CT molecular complexity index is 2430. The molecule has 1 aliphatic rings. The van der Waals surface area contributed by atoms with Crippen molar-refractivity contribution in [2.45, 2.75) is 24.4 Å². The molecule has 4 aromatic carbocycles. The first-order valence-corrected chi connectivity index (χ1v) is 17.5. The van der Waals surface area contributed by atoms with Gasteiger partial charge in [-0.2, -0.15) is 5.26 Å². The van der Waals surface area contributed by atoms with E-state index in [9.17, 15) is 14.9 Å². The minimum atomic E-state index is -0.739. The van der Waals surface area contributed by atoms with Gasteiger partial charge >= 0.3 is 5.97 Å². The van der Waals surface area contributed by atoms with Crippen LogP contribution in [-0.4, -0.2) is 28.0 Å². The Morgan fingerprint density at radius 1 is 1.00 bits per heavy atom. The number of thioether (sulfide) groups is 1. The number of fused-ring (bicyclic) bond motifs is 2. The van der Waals surface area contributed by atoms with E-state index < -0.39 is 12.0 Å². The standard InChI is InChI=1S/C39H30N4O3S2/c1-3-46-38(45)34-35(25-11-5-4-6-12-25)41-39-43(36(34)26-17-19-30(47-2)20-18-26)37(44)33(48-39)21-29-24-42(32-16-10-9-15-31(29)32)23-28-14-8-7-13-27(28)22-40/h4-21,24,36H,3,23H2,1-2H3/b33-21-/t36-/m0/s1. The minimum Gasteiger partial charge on any atom is -0.463 e. The summed E-state index contributed by atoms with van der Waals surface area (Å²) in [6.07, 6.45) is 5.94. The SMILES string of the molecule is CCOC(=O)C1=C(c2ccccc2)N=c2s/c(=C\c3cn(Cc4ccccc4C#N)c4ccccc34)c(=O)n2[C@H]1c1ccc(SC)cc1. The summed E-state index contributed by atoms with van der Waals surface area (Å²) in [5.74, 6) is -0.506. The fourth-order valence-corrected chi connectivity index (χ4v) is 7.56. The number of rotatable bonds is 8. The average Bonchev–Trinajstić information content (AvgIpc) is 3.64. The van der Waals surface area contributed by atoms with Gasteiger partial charge in [0.15, 0.2) is 4.80 Å². The van der Waals surface area contributed by atoms with Gasteiger partial charge in [-0.15, -0.1) is 11.8 Å². The predicted octanol–water partition coefficient (Wildman–Crippen LogP) is 6.53. The van der Waals surface area contributed by atoms with Crippen LogP contribution in [0.25, 0.3) is 22.7 Å². The van der Waals surface area contributed by atoms with E-state index in [1.807, 2.05) is 122 Å². The van der Waals surface area contributed by atoms with Gasteiger partial charge in [-0.05, 0) is 54.6 Å². The first-order valence-electron chi connectivity index (χ1n) is 15.5. The molecule has 7 rings (SSSR count). The highest BCUT2D eigenvalue weighted by Crippen LogP contribution is 2.36. The monoisotopic (exact) mass is 666 g/mol. The fourth-order valence-electron chi connectivity index (χ4n) is 6.16. The number of carbonyl (C=O) groups excluding carboxylic acids is 1. The minimum absolute atomic E-state index is 0.190. The molecule has 0 fully saturated rings. The normalized spacial score (nSPS) is 14.4. The molecule has 0 unspecified atom stereocenters. The average molecular weight is 667 g/mol. The van der Waals surface area contributed by atoms with Crippen LogP contribution in [0, 0.1) is 11.3 Å². The molecule has 0 radical (unpaired) electrons. The van der Waals surface area contributed by atoms with Crippen LogP contribution in [0.1, 0.15) is 40.8 Å². The number of nitrogens with zero attached hydrogens (tertiary/aromatic N) is 4. The van der Waals surface area contributed by atoms with Crippen LogP contribution in [0.3, 0.4) is 0 Å². The lowest BCUT2D eigenvalue weighted by atomic mass is 9.93. The van der Waals surface area contributed by atoms with Crippen molar-refractivity contribution in [2.75, 3.05) is 12.9 Å². The molecule has 0 amide bonds. The van der Waals surface area contributed by atoms with Crippen LogP contribution in [0.5, 0.6) is 0 Å². The van der Waals surface area contributed by atoms with E-state index in [1.54, 1.807) is 23.3 Å².